The van der Waals surface area contributed by atoms with Crippen LogP contribution >= 0.6 is 34.5 Å². The first-order chi connectivity index (χ1) is 11.2. The highest BCUT2D eigenvalue weighted by atomic mass is 35.5. The van der Waals surface area contributed by atoms with E-state index >= 15 is 0 Å². The van der Waals surface area contributed by atoms with E-state index in [0.29, 0.717) is 16.6 Å². The number of allylic oxidation sites excluding steroid dienone is 1. The van der Waals surface area contributed by atoms with Crippen LogP contribution in [0.5, 0.6) is 0 Å². The van der Waals surface area contributed by atoms with Gasteiger partial charge in [-0.15, -0.1) is 17.9 Å². The second kappa shape index (κ2) is 7.18. The number of nitrogens with zero attached hydrogens (tertiary/aromatic N) is 2. The maximum Gasteiger partial charge on any atom is 0.190 e. The summed E-state index contributed by atoms with van der Waals surface area (Å²) < 4.78 is 2.10. The van der Waals surface area contributed by atoms with E-state index < -0.39 is 0 Å². The van der Waals surface area contributed by atoms with Crippen LogP contribution in [-0.2, 0) is 6.54 Å². The maximum absolute atomic E-state index is 6.36. The second-order valence-corrected chi connectivity index (χ2v) is 6.55. The molecule has 0 unspecified atom stereocenters. The molecule has 0 fully saturated rings. The maximum atomic E-state index is 6.36. The predicted molar refractivity (Wildman–Crippen MR) is 99.6 cm³/mol. The zero-order chi connectivity index (χ0) is 16.2. The molecule has 0 N–H and O–H groups in total. The number of benzene rings is 2. The number of hydrogen-bond donors (Lipinski definition) is 0. The molecule has 0 aliphatic rings. The molecule has 116 valence electrons. The average Bonchev–Trinajstić information content (AvgIpc) is 2.92. The number of rotatable bonds is 4. The number of thiazole rings is 1. The molecular formula is C18H14Cl2N2S. The molecule has 3 rings (SSSR count). The topological polar surface area (TPSA) is 17.3 Å². The lowest BCUT2D eigenvalue weighted by Crippen LogP contribution is -2.14. The second-order valence-electron chi connectivity index (χ2n) is 4.87. The van der Waals surface area contributed by atoms with E-state index in [-0.39, 0.29) is 0 Å². The molecule has 0 saturated heterocycles. The van der Waals surface area contributed by atoms with Gasteiger partial charge in [-0.05, 0) is 30.3 Å². The molecule has 0 amide bonds. The van der Waals surface area contributed by atoms with E-state index in [2.05, 4.69) is 16.5 Å². The van der Waals surface area contributed by atoms with E-state index in [4.69, 9.17) is 28.2 Å². The Labute approximate surface area is 149 Å². The summed E-state index contributed by atoms with van der Waals surface area (Å²) >= 11 is 13.9. The van der Waals surface area contributed by atoms with Crippen LogP contribution in [0, 0.1) is 0 Å². The fourth-order valence-corrected chi connectivity index (χ4v) is 3.68. The first kappa shape index (κ1) is 16.1. The van der Waals surface area contributed by atoms with Crippen molar-refractivity contribution in [2.24, 2.45) is 4.99 Å². The Bertz CT molecular complexity index is 895. The molecule has 0 saturated carbocycles. The van der Waals surface area contributed by atoms with Gasteiger partial charge < -0.3 is 4.57 Å². The highest BCUT2D eigenvalue weighted by Crippen LogP contribution is 2.30. The standard InChI is InChI=1S/C18H14Cl2N2S/c1-2-10-22-17(15-9-8-13(19)11-16(15)20)12-23-18(22)21-14-6-4-3-5-7-14/h2-9,11-12H,1,10H2. The summed E-state index contributed by atoms with van der Waals surface area (Å²) in [7, 11) is 0. The number of aromatic nitrogens is 1. The lowest BCUT2D eigenvalue weighted by atomic mass is 10.1. The predicted octanol–water partition coefficient (Wildman–Crippen LogP) is 5.94. The summed E-state index contributed by atoms with van der Waals surface area (Å²) in [5.74, 6) is 0. The van der Waals surface area contributed by atoms with Crippen molar-refractivity contribution < 1.29 is 0 Å². The largest absolute Gasteiger partial charge is 0.313 e. The summed E-state index contributed by atoms with van der Waals surface area (Å²) in [5, 5.41) is 3.30. The van der Waals surface area contributed by atoms with Gasteiger partial charge in [-0.2, -0.15) is 0 Å². The number of halogens is 2. The van der Waals surface area contributed by atoms with Crippen LogP contribution < -0.4 is 4.80 Å². The molecule has 0 atom stereocenters. The third kappa shape index (κ3) is 3.58. The molecule has 2 nitrogen and oxygen atoms in total. The molecule has 23 heavy (non-hydrogen) atoms. The van der Waals surface area contributed by atoms with Gasteiger partial charge in [0.2, 0.25) is 0 Å². The Morgan fingerprint density at radius 3 is 2.61 bits per heavy atom. The summed E-state index contributed by atoms with van der Waals surface area (Å²) in [4.78, 5) is 5.62. The van der Waals surface area contributed by atoms with Crippen LogP contribution in [0.2, 0.25) is 10.0 Å². The monoisotopic (exact) mass is 360 g/mol. The Morgan fingerprint density at radius 1 is 1.13 bits per heavy atom. The van der Waals surface area contributed by atoms with Crippen LogP contribution in [0.15, 0.2) is 71.6 Å². The normalized spacial score (nSPS) is 11.7. The van der Waals surface area contributed by atoms with Gasteiger partial charge in [-0.3, -0.25) is 0 Å². The van der Waals surface area contributed by atoms with E-state index in [1.807, 2.05) is 48.5 Å². The fraction of sp³-hybridized carbons (Fsp3) is 0.0556. The molecule has 5 heteroatoms. The van der Waals surface area contributed by atoms with Crippen molar-refractivity contribution in [3.63, 3.8) is 0 Å². The first-order valence-electron chi connectivity index (χ1n) is 7.03. The smallest absolute Gasteiger partial charge is 0.190 e. The van der Waals surface area contributed by atoms with Crippen molar-refractivity contribution >= 4 is 40.2 Å². The summed E-state index contributed by atoms with van der Waals surface area (Å²) in [6, 6.07) is 15.4. The van der Waals surface area contributed by atoms with E-state index in [0.717, 1.165) is 21.7 Å². The van der Waals surface area contributed by atoms with Crippen molar-refractivity contribution in [3.05, 3.63) is 81.4 Å². The van der Waals surface area contributed by atoms with Crippen LogP contribution in [0.25, 0.3) is 11.3 Å². The van der Waals surface area contributed by atoms with E-state index in [9.17, 15) is 0 Å². The average molecular weight is 361 g/mol. The van der Waals surface area contributed by atoms with Crippen molar-refractivity contribution in [1.29, 1.82) is 0 Å². The van der Waals surface area contributed by atoms with E-state index in [1.165, 1.54) is 0 Å². The van der Waals surface area contributed by atoms with Gasteiger partial charge in [0.05, 0.1) is 16.4 Å². The third-order valence-electron chi connectivity index (χ3n) is 3.30. The van der Waals surface area contributed by atoms with Gasteiger partial charge in [0.1, 0.15) is 0 Å². The Balaban J connectivity index is 2.16. The summed E-state index contributed by atoms with van der Waals surface area (Å²) in [6.45, 7) is 4.50. The third-order valence-corrected chi connectivity index (χ3v) is 4.71. The van der Waals surface area contributed by atoms with Crippen LogP contribution in [0.4, 0.5) is 5.69 Å². The molecule has 1 heterocycles. The van der Waals surface area contributed by atoms with Crippen LogP contribution in [0.3, 0.4) is 0 Å². The van der Waals surface area contributed by atoms with Gasteiger partial charge >= 0.3 is 0 Å². The minimum absolute atomic E-state index is 0.624. The SMILES string of the molecule is C=CCn1c(-c2ccc(Cl)cc2Cl)csc1=Nc1ccccc1. The Hall–Kier alpha value is -1.81. The van der Waals surface area contributed by atoms with Gasteiger partial charge in [0.25, 0.3) is 0 Å². The number of hydrogen-bond acceptors (Lipinski definition) is 2. The van der Waals surface area contributed by atoms with Gasteiger partial charge in [-0.25, -0.2) is 4.99 Å². The van der Waals surface area contributed by atoms with Gasteiger partial charge in [-0.1, -0.05) is 47.5 Å². The van der Waals surface area contributed by atoms with Crippen molar-refractivity contribution in [1.82, 2.24) is 4.57 Å². The zero-order valence-corrected chi connectivity index (χ0v) is 14.6. The minimum Gasteiger partial charge on any atom is -0.313 e. The Morgan fingerprint density at radius 2 is 1.91 bits per heavy atom. The van der Waals surface area contributed by atoms with Crippen LogP contribution in [0.1, 0.15) is 0 Å². The summed E-state index contributed by atoms with van der Waals surface area (Å²) in [5.41, 5.74) is 2.86. The molecule has 0 bridgehead atoms. The van der Waals surface area contributed by atoms with Gasteiger partial charge in [0, 0.05) is 22.5 Å². The fourth-order valence-electron chi connectivity index (χ4n) is 2.25. The van der Waals surface area contributed by atoms with Gasteiger partial charge in [0.15, 0.2) is 4.80 Å². The summed E-state index contributed by atoms with van der Waals surface area (Å²) in [6.07, 6.45) is 1.85. The molecule has 2 aromatic carbocycles. The zero-order valence-electron chi connectivity index (χ0n) is 12.2. The molecule has 0 aliphatic heterocycles. The van der Waals surface area contributed by atoms with Crippen LogP contribution in [-0.4, -0.2) is 4.57 Å². The van der Waals surface area contributed by atoms with Crippen molar-refractivity contribution in [2.45, 2.75) is 6.54 Å². The molecule has 3 aromatic rings. The molecule has 0 aliphatic carbocycles. The van der Waals surface area contributed by atoms with E-state index in [1.54, 1.807) is 17.4 Å². The first-order valence-corrected chi connectivity index (χ1v) is 8.67. The van der Waals surface area contributed by atoms with Crippen molar-refractivity contribution in [2.75, 3.05) is 0 Å². The highest BCUT2D eigenvalue weighted by Gasteiger charge is 2.11. The molecular weight excluding hydrogens is 347 g/mol. The number of para-hydroxylation sites is 1. The molecule has 1 aromatic heterocycles. The minimum atomic E-state index is 0.624. The molecule has 0 spiro atoms. The lowest BCUT2D eigenvalue weighted by molar-refractivity contribution is 0.800. The lowest BCUT2D eigenvalue weighted by Gasteiger charge is -2.08. The Kier molecular flexibility index (Phi) is 5.01. The highest BCUT2D eigenvalue weighted by molar-refractivity contribution is 7.07. The molecule has 0 radical (unpaired) electrons. The quantitative estimate of drug-likeness (QED) is 0.512. The van der Waals surface area contributed by atoms with Crippen molar-refractivity contribution in [3.8, 4) is 11.3 Å².